The number of amides is 1. The first-order valence-electron chi connectivity index (χ1n) is 8.50. The van der Waals surface area contributed by atoms with Crippen LogP contribution in [0.4, 0.5) is 0 Å². The van der Waals surface area contributed by atoms with Crippen LogP contribution in [0.2, 0.25) is 0 Å². The van der Waals surface area contributed by atoms with Gasteiger partial charge < -0.3 is 5.32 Å². The molecule has 26 heavy (non-hydrogen) atoms. The van der Waals surface area contributed by atoms with Crippen molar-refractivity contribution in [3.8, 4) is 0 Å². The minimum absolute atomic E-state index is 0.157. The van der Waals surface area contributed by atoms with E-state index < -0.39 is 0 Å². The van der Waals surface area contributed by atoms with Crippen molar-refractivity contribution in [2.75, 3.05) is 12.8 Å². The molecule has 0 spiro atoms. The van der Waals surface area contributed by atoms with Gasteiger partial charge in [-0.15, -0.1) is 22.0 Å². The van der Waals surface area contributed by atoms with Crippen molar-refractivity contribution in [3.63, 3.8) is 0 Å². The van der Waals surface area contributed by atoms with Crippen molar-refractivity contribution in [2.24, 2.45) is 0 Å². The number of hydrogen-bond acceptors (Lipinski definition) is 6. The van der Waals surface area contributed by atoms with E-state index in [-0.39, 0.29) is 11.8 Å². The zero-order valence-electron chi connectivity index (χ0n) is 15.4. The fourth-order valence-electron chi connectivity index (χ4n) is 2.67. The molecule has 0 saturated heterocycles. The predicted octanol–water partition coefficient (Wildman–Crippen LogP) is 2.65. The molecule has 0 saturated carbocycles. The van der Waals surface area contributed by atoms with Crippen LogP contribution >= 0.6 is 11.8 Å². The summed E-state index contributed by atoms with van der Waals surface area (Å²) in [5.41, 5.74) is 2.05. The Labute approximate surface area is 156 Å². The largest absolute Gasteiger partial charge is 0.351 e. The molecule has 3 heterocycles. The van der Waals surface area contributed by atoms with Gasteiger partial charge in [0.25, 0.3) is 5.91 Å². The van der Waals surface area contributed by atoms with Crippen LogP contribution in [0.5, 0.6) is 0 Å². The first-order valence-corrected chi connectivity index (χ1v) is 9.73. The second-order valence-corrected chi connectivity index (χ2v) is 7.05. The third kappa shape index (κ3) is 3.70. The molecule has 0 aliphatic carbocycles. The van der Waals surface area contributed by atoms with E-state index in [1.807, 2.05) is 55.8 Å². The number of rotatable bonds is 6. The smallest absolute Gasteiger partial charge is 0.255 e. The normalized spacial score (nSPS) is 11.3. The van der Waals surface area contributed by atoms with Gasteiger partial charge in [0.1, 0.15) is 16.7 Å². The summed E-state index contributed by atoms with van der Waals surface area (Å²) >= 11 is 1.46. The Balaban J connectivity index is 1.72. The minimum atomic E-state index is -0.157. The average molecular weight is 370 g/mol. The predicted molar refractivity (Wildman–Crippen MR) is 102 cm³/mol. The van der Waals surface area contributed by atoms with Gasteiger partial charge in [0.15, 0.2) is 5.65 Å². The van der Waals surface area contributed by atoms with E-state index in [0.29, 0.717) is 29.2 Å². The highest BCUT2D eigenvalue weighted by Gasteiger charge is 2.19. The lowest BCUT2D eigenvalue weighted by molar-refractivity contribution is 0.0949. The Bertz CT molecular complexity index is 937. The molecule has 8 heteroatoms. The summed E-state index contributed by atoms with van der Waals surface area (Å²) in [5.74, 6) is 1.64. The van der Waals surface area contributed by atoms with Gasteiger partial charge in [0, 0.05) is 25.1 Å². The quantitative estimate of drug-likeness (QED) is 0.530. The standard InChI is InChI=1S/C18H22N6OS/c1-11(2)16-20-12(3)15(18(21-16)26-4)17(25)19-9-8-14-23-22-13-7-5-6-10-24(13)14/h5-7,10-11H,8-9H2,1-4H3,(H,19,25). The van der Waals surface area contributed by atoms with Crippen LogP contribution in [0.3, 0.4) is 0 Å². The lowest BCUT2D eigenvalue weighted by Gasteiger charge is -2.13. The molecule has 0 atom stereocenters. The maximum absolute atomic E-state index is 12.7. The molecule has 0 radical (unpaired) electrons. The molecule has 3 rings (SSSR count). The van der Waals surface area contributed by atoms with Crippen molar-refractivity contribution in [3.05, 3.63) is 47.3 Å². The third-order valence-electron chi connectivity index (χ3n) is 4.03. The molecule has 0 unspecified atom stereocenters. The number of fused-ring (bicyclic) bond motifs is 1. The van der Waals surface area contributed by atoms with E-state index in [9.17, 15) is 4.79 Å². The van der Waals surface area contributed by atoms with Gasteiger partial charge in [-0.05, 0) is 25.3 Å². The summed E-state index contributed by atoms with van der Waals surface area (Å²) in [6.07, 6.45) is 4.43. The Morgan fingerprint density at radius 2 is 2.08 bits per heavy atom. The van der Waals surface area contributed by atoms with E-state index >= 15 is 0 Å². The Kier molecular flexibility index (Phi) is 5.51. The van der Waals surface area contributed by atoms with Gasteiger partial charge in [-0.25, -0.2) is 9.97 Å². The van der Waals surface area contributed by atoms with Gasteiger partial charge in [-0.3, -0.25) is 9.20 Å². The molecule has 1 N–H and O–H groups in total. The van der Waals surface area contributed by atoms with E-state index in [1.165, 1.54) is 11.8 Å². The van der Waals surface area contributed by atoms with E-state index in [1.54, 1.807) is 0 Å². The molecule has 3 aromatic rings. The molecule has 0 bridgehead atoms. The van der Waals surface area contributed by atoms with Crippen molar-refractivity contribution in [1.82, 2.24) is 29.9 Å². The van der Waals surface area contributed by atoms with Crippen LogP contribution in [-0.2, 0) is 6.42 Å². The molecule has 7 nitrogen and oxygen atoms in total. The number of thioether (sulfide) groups is 1. The second kappa shape index (κ2) is 7.82. The maximum Gasteiger partial charge on any atom is 0.255 e. The highest BCUT2D eigenvalue weighted by atomic mass is 32.2. The van der Waals surface area contributed by atoms with Crippen LogP contribution in [-0.4, -0.2) is 43.3 Å². The summed E-state index contributed by atoms with van der Waals surface area (Å²) in [6.45, 7) is 6.41. The molecule has 3 aromatic heterocycles. The van der Waals surface area contributed by atoms with E-state index in [2.05, 4.69) is 25.5 Å². The minimum Gasteiger partial charge on any atom is -0.351 e. The Hall–Kier alpha value is -2.48. The van der Waals surface area contributed by atoms with Gasteiger partial charge in [0.2, 0.25) is 0 Å². The molecule has 0 fully saturated rings. The van der Waals surface area contributed by atoms with Gasteiger partial charge in [-0.1, -0.05) is 19.9 Å². The van der Waals surface area contributed by atoms with Crippen molar-refractivity contribution >= 4 is 23.3 Å². The summed E-state index contributed by atoms with van der Waals surface area (Å²) < 4.78 is 1.92. The lowest BCUT2D eigenvalue weighted by atomic mass is 10.1. The first kappa shape index (κ1) is 18.3. The van der Waals surface area contributed by atoms with Crippen LogP contribution in [0.25, 0.3) is 5.65 Å². The van der Waals surface area contributed by atoms with E-state index in [0.717, 1.165) is 17.3 Å². The lowest BCUT2D eigenvalue weighted by Crippen LogP contribution is -2.28. The Morgan fingerprint density at radius 3 is 2.81 bits per heavy atom. The molecular formula is C18H22N6OS. The topological polar surface area (TPSA) is 85.1 Å². The first-order chi connectivity index (χ1) is 12.5. The number of aryl methyl sites for hydroxylation is 1. The van der Waals surface area contributed by atoms with Gasteiger partial charge in [0.05, 0.1) is 11.3 Å². The number of hydrogen-bond donors (Lipinski definition) is 1. The fraction of sp³-hybridized carbons (Fsp3) is 0.389. The molecule has 0 aliphatic heterocycles. The number of nitrogens with zero attached hydrogens (tertiary/aromatic N) is 5. The number of pyridine rings is 1. The number of nitrogens with one attached hydrogen (secondary N) is 1. The molecular weight excluding hydrogens is 348 g/mol. The van der Waals surface area contributed by atoms with Crippen molar-refractivity contribution in [2.45, 2.75) is 38.1 Å². The average Bonchev–Trinajstić information content (AvgIpc) is 3.04. The highest BCUT2D eigenvalue weighted by molar-refractivity contribution is 7.98. The third-order valence-corrected chi connectivity index (χ3v) is 4.71. The highest BCUT2D eigenvalue weighted by Crippen LogP contribution is 2.23. The van der Waals surface area contributed by atoms with Crippen LogP contribution < -0.4 is 5.32 Å². The maximum atomic E-state index is 12.7. The van der Waals surface area contributed by atoms with E-state index in [4.69, 9.17) is 0 Å². The van der Waals surface area contributed by atoms with Crippen LogP contribution in [0.15, 0.2) is 29.4 Å². The van der Waals surface area contributed by atoms with Crippen molar-refractivity contribution in [1.29, 1.82) is 0 Å². The molecule has 0 aromatic carbocycles. The fourth-order valence-corrected chi connectivity index (χ4v) is 3.30. The Morgan fingerprint density at radius 1 is 1.27 bits per heavy atom. The zero-order chi connectivity index (χ0) is 18.7. The molecule has 136 valence electrons. The molecule has 1 amide bonds. The number of aromatic nitrogens is 5. The van der Waals surface area contributed by atoms with Gasteiger partial charge >= 0.3 is 0 Å². The summed E-state index contributed by atoms with van der Waals surface area (Å²) in [6, 6.07) is 5.75. The summed E-state index contributed by atoms with van der Waals surface area (Å²) in [4.78, 5) is 21.7. The SMILES string of the molecule is CSc1nc(C(C)C)nc(C)c1C(=O)NCCc1nnc2ccccn12. The molecule has 0 aliphatic rings. The van der Waals surface area contributed by atoms with Crippen molar-refractivity contribution < 1.29 is 4.79 Å². The second-order valence-electron chi connectivity index (χ2n) is 6.26. The monoisotopic (exact) mass is 370 g/mol. The van der Waals surface area contributed by atoms with Crippen LogP contribution in [0, 0.1) is 6.92 Å². The zero-order valence-corrected chi connectivity index (χ0v) is 16.2. The summed E-state index contributed by atoms with van der Waals surface area (Å²) in [7, 11) is 0. The number of carbonyl (C=O) groups is 1. The van der Waals surface area contributed by atoms with Crippen LogP contribution in [0.1, 0.15) is 47.5 Å². The number of carbonyl (C=O) groups excluding carboxylic acids is 1. The summed E-state index contributed by atoms with van der Waals surface area (Å²) in [5, 5.41) is 12.0. The van der Waals surface area contributed by atoms with Gasteiger partial charge in [-0.2, -0.15) is 0 Å².